The van der Waals surface area contributed by atoms with E-state index in [0.717, 1.165) is 5.56 Å². The zero-order chi connectivity index (χ0) is 15.5. The van der Waals surface area contributed by atoms with E-state index < -0.39 is 0 Å². The molecule has 4 nitrogen and oxygen atoms in total. The summed E-state index contributed by atoms with van der Waals surface area (Å²) in [6.45, 7) is 0. The van der Waals surface area contributed by atoms with Crippen molar-refractivity contribution >= 4 is 23.2 Å². The van der Waals surface area contributed by atoms with E-state index in [2.05, 4.69) is 15.0 Å². The fourth-order valence-corrected chi connectivity index (χ4v) is 2.30. The maximum atomic E-state index is 9.32. The van der Waals surface area contributed by atoms with Gasteiger partial charge in [0.2, 0.25) is 0 Å². The summed E-state index contributed by atoms with van der Waals surface area (Å²) in [6, 6.07) is 14.5. The second-order valence-electron chi connectivity index (χ2n) is 4.40. The van der Waals surface area contributed by atoms with Gasteiger partial charge in [-0.25, -0.2) is 9.97 Å². The van der Waals surface area contributed by atoms with Crippen molar-refractivity contribution in [1.82, 2.24) is 15.0 Å². The first kappa shape index (κ1) is 14.5. The summed E-state index contributed by atoms with van der Waals surface area (Å²) in [6.07, 6.45) is 1.65. The van der Waals surface area contributed by atoms with Crippen molar-refractivity contribution in [3.05, 3.63) is 64.4 Å². The molecule has 3 rings (SSSR count). The molecule has 0 spiro atoms. The molecule has 1 aromatic carbocycles. The Kier molecular flexibility index (Phi) is 4.01. The highest BCUT2D eigenvalue weighted by Crippen LogP contribution is 2.29. The maximum absolute atomic E-state index is 9.32. The molecule has 0 aliphatic rings. The minimum absolute atomic E-state index is 0.100. The first-order valence-electron chi connectivity index (χ1n) is 6.34. The topological polar surface area (TPSA) is 62.5 Å². The molecule has 0 unspecified atom stereocenters. The van der Waals surface area contributed by atoms with Gasteiger partial charge in [-0.1, -0.05) is 41.4 Å². The van der Waals surface area contributed by atoms with Crippen molar-refractivity contribution in [2.45, 2.75) is 0 Å². The van der Waals surface area contributed by atoms with Gasteiger partial charge in [-0.05, 0) is 24.3 Å². The molecule has 0 saturated heterocycles. The summed E-state index contributed by atoms with van der Waals surface area (Å²) in [5.74, 6) is 0.370. The predicted molar refractivity (Wildman–Crippen MR) is 85.4 cm³/mol. The third-order valence-corrected chi connectivity index (χ3v) is 3.51. The van der Waals surface area contributed by atoms with Crippen LogP contribution in [-0.4, -0.2) is 15.0 Å². The average molecular weight is 327 g/mol. The van der Waals surface area contributed by atoms with Crippen molar-refractivity contribution in [3.63, 3.8) is 0 Å². The van der Waals surface area contributed by atoms with Gasteiger partial charge in [-0.3, -0.25) is 4.98 Å². The lowest BCUT2D eigenvalue weighted by Gasteiger charge is -2.08. The Bertz CT molecular complexity index is 856. The summed E-state index contributed by atoms with van der Waals surface area (Å²) < 4.78 is 0. The molecule has 0 N–H and O–H groups in total. The average Bonchev–Trinajstić information content (AvgIpc) is 2.55. The molecule has 22 heavy (non-hydrogen) atoms. The molecule has 0 atom stereocenters. The van der Waals surface area contributed by atoms with Gasteiger partial charge in [0.25, 0.3) is 0 Å². The minimum Gasteiger partial charge on any atom is -0.253 e. The highest BCUT2D eigenvalue weighted by atomic mass is 35.5. The number of aromatic nitrogens is 3. The molecule has 0 radical (unpaired) electrons. The molecule has 6 heteroatoms. The zero-order valence-electron chi connectivity index (χ0n) is 11.2. The van der Waals surface area contributed by atoms with E-state index in [1.807, 2.05) is 12.1 Å². The third kappa shape index (κ3) is 2.77. The Morgan fingerprint density at radius 1 is 0.955 bits per heavy atom. The number of halogens is 2. The molecule has 0 aliphatic heterocycles. The fraction of sp³-hybridized carbons (Fsp3) is 0. The van der Waals surface area contributed by atoms with Crippen LogP contribution < -0.4 is 0 Å². The lowest BCUT2D eigenvalue weighted by atomic mass is 10.1. The lowest BCUT2D eigenvalue weighted by molar-refractivity contribution is 1.13. The van der Waals surface area contributed by atoms with Gasteiger partial charge in [-0.2, -0.15) is 5.26 Å². The summed E-state index contributed by atoms with van der Waals surface area (Å²) in [5.41, 5.74) is 2.01. The highest BCUT2D eigenvalue weighted by Gasteiger charge is 2.16. The first-order chi connectivity index (χ1) is 10.7. The summed E-state index contributed by atoms with van der Waals surface area (Å²) in [5, 5.41) is 10.0. The van der Waals surface area contributed by atoms with E-state index in [-0.39, 0.29) is 10.7 Å². The molecule has 2 aromatic heterocycles. The Morgan fingerprint density at radius 3 is 2.36 bits per heavy atom. The summed E-state index contributed by atoms with van der Waals surface area (Å²) in [7, 11) is 0. The maximum Gasteiger partial charge on any atom is 0.180 e. The van der Waals surface area contributed by atoms with Crippen LogP contribution in [-0.2, 0) is 0 Å². The van der Waals surface area contributed by atoms with Crippen LogP contribution in [0, 0.1) is 11.3 Å². The van der Waals surface area contributed by atoms with E-state index in [1.54, 1.807) is 42.6 Å². The number of benzene rings is 1. The molecule has 0 amide bonds. The van der Waals surface area contributed by atoms with Crippen molar-refractivity contribution in [3.8, 4) is 28.8 Å². The molecule has 106 valence electrons. The van der Waals surface area contributed by atoms with Gasteiger partial charge < -0.3 is 0 Å². The molecule has 2 heterocycles. The van der Waals surface area contributed by atoms with Crippen LogP contribution >= 0.6 is 23.2 Å². The third-order valence-electron chi connectivity index (χ3n) is 2.99. The fourth-order valence-electron chi connectivity index (χ4n) is 1.96. The monoisotopic (exact) mass is 326 g/mol. The van der Waals surface area contributed by atoms with Crippen LogP contribution in [0.15, 0.2) is 48.7 Å². The molecule has 3 aromatic rings. The molecule has 0 bridgehead atoms. The largest absolute Gasteiger partial charge is 0.253 e. The lowest BCUT2D eigenvalue weighted by Crippen LogP contribution is -1.99. The van der Waals surface area contributed by atoms with E-state index in [4.69, 9.17) is 23.2 Å². The van der Waals surface area contributed by atoms with Crippen LogP contribution in [0.25, 0.3) is 22.8 Å². The van der Waals surface area contributed by atoms with Gasteiger partial charge in [0, 0.05) is 16.8 Å². The number of nitriles is 1. The number of nitrogens with zero attached hydrogens (tertiary/aromatic N) is 4. The van der Waals surface area contributed by atoms with E-state index in [0.29, 0.717) is 22.2 Å². The summed E-state index contributed by atoms with van der Waals surface area (Å²) in [4.78, 5) is 12.8. The number of pyridine rings is 1. The Hall–Kier alpha value is -2.48. The van der Waals surface area contributed by atoms with Gasteiger partial charge in [0.05, 0.1) is 5.69 Å². The second-order valence-corrected chi connectivity index (χ2v) is 5.19. The Morgan fingerprint density at radius 2 is 1.73 bits per heavy atom. The van der Waals surface area contributed by atoms with E-state index in [1.165, 1.54) is 0 Å². The molecular weight excluding hydrogens is 319 g/mol. The van der Waals surface area contributed by atoms with Crippen molar-refractivity contribution < 1.29 is 0 Å². The summed E-state index contributed by atoms with van der Waals surface area (Å²) >= 11 is 12.0. The predicted octanol–water partition coefficient (Wildman–Crippen LogP) is 4.38. The zero-order valence-corrected chi connectivity index (χ0v) is 12.7. The Labute approximate surface area is 137 Å². The SMILES string of the molecule is N#Cc1c(Cl)nc(-c2ccccn2)nc1-c1ccc(Cl)cc1. The van der Waals surface area contributed by atoms with Gasteiger partial charge in [0.15, 0.2) is 11.0 Å². The molecule has 0 saturated carbocycles. The van der Waals surface area contributed by atoms with Crippen molar-refractivity contribution in [2.75, 3.05) is 0 Å². The van der Waals surface area contributed by atoms with Crippen molar-refractivity contribution in [2.24, 2.45) is 0 Å². The van der Waals surface area contributed by atoms with E-state index in [9.17, 15) is 5.26 Å². The van der Waals surface area contributed by atoms with E-state index >= 15 is 0 Å². The number of hydrogen-bond acceptors (Lipinski definition) is 4. The minimum atomic E-state index is 0.100. The van der Waals surface area contributed by atoms with Gasteiger partial charge in [0.1, 0.15) is 17.3 Å². The van der Waals surface area contributed by atoms with Crippen LogP contribution in [0.3, 0.4) is 0 Å². The molecular formula is C16H8Cl2N4. The quantitative estimate of drug-likeness (QED) is 0.655. The smallest absolute Gasteiger partial charge is 0.180 e. The first-order valence-corrected chi connectivity index (χ1v) is 7.09. The van der Waals surface area contributed by atoms with Gasteiger partial charge in [-0.15, -0.1) is 0 Å². The standard InChI is InChI=1S/C16H8Cl2N4/c17-11-6-4-10(5-7-11)14-12(9-19)15(18)22-16(21-14)13-3-1-2-8-20-13/h1-8H. The van der Waals surface area contributed by atoms with Crippen molar-refractivity contribution in [1.29, 1.82) is 5.26 Å². The Balaban J connectivity index is 2.22. The molecule has 0 fully saturated rings. The normalized spacial score (nSPS) is 10.2. The van der Waals surface area contributed by atoms with Gasteiger partial charge >= 0.3 is 0 Å². The van der Waals surface area contributed by atoms with Crippen LogP contribution in [0.2, 0.25) is 10.2 Å². The number of hydrogen-bond donors (Lipinski definition) is 0. The molecule has 0 aliphatic carbocycles. The van der Waals surface area contributed by atoms with Crippen LogP contribution in [0.4, 0.5) is 0 Å². The highest BCUT2D eigenvalue weighted by molar-refractivity contribution is 6.31. The number of rotatable bonds is 2. The van der Waals surface area contributed by atoms with Crippen LogP contribution in [0.1, 0.15) is 5.56 Å². The van der Waals surface area contributed by atoms with Crippen LogP contribution in [0.5, 0.6) is 0 Å². The second kappa shape index (κ2) is 6.10.